The second kappa shape index (κ2) is 4.93. The van der Waals surface area contributed by atoms with Crippen LogP contribution >= 0.6 is 0 Å². The highest BCUT2D eigenvalue weighted by molar-refractivity contribution is 5.19. The third-order valence-corrected chi connectivity index (χ3v) is 3.07. The van der Waals surface area contributed by atoms with Crippen LogP contribution < -0.4 is 0 Å². The zero-order valence-electron chi connectivity index (χ0n) is 9.82. The van der Waals surface area contributed by atoms with E-state index in [4.69, 9.17) is 4.74 Å². The van der Waals surface area contributed by atoms with Gasteiger partial charge in [-0.15, -0.1) is 0 Å². The van der Waals surface area contributed by atoms with E-state index in [2.05, 4.69) is 18.7 Å². The van der Waals surface area contributed by atoms with Crippen LogP contribution in [0.5, 0.6) is 0 Å². The minimum absolute atomic E-state index is 0.0803. The molecule has 0 radical (unpaired) electrons. The molecule has 88 valence electrons. The quantitative estimate of drug-likeness (QED) is 0.764. The van der Waals surface area contributed by atoms with Crippen molar-refractivity contribution in [2.75, 3.05) is 19.7 Å². The van der Waals surface area contributed by atoms with E-state index >= 15 is 0 Å². The normalized spacial score (nSPS) is 22.6. The van der Waals surface area contributed by atoms with Crippen LogP contribution in [0.4, 0.5) is 4.39 Å². The SMILES string of the molecule is CC(C)N1CCO[C@@H](c2ccc(F)cc2)C1. The van der Waals surface area contributed by atoms with E-state index in [-0.39, 0.29) is 11.9 Å². The predicted octanol–water partition coefficient (Wildman–Crippen LogP) is 2.61. The van der Waals surface area contributed by atoms with E-state index in [1.165, 1.54) is 12.1 Å². The maximum atomic E-state index is 12.8. The second-order valence-electron chi connectivity index (χ2n) is 4.50. The van der Waals surface area contributed by atoms with Crippen molar-refractivity contribution < 1.29 is 9.13 Å². The third-order valence-electron chi connectivity index (χ3n) is 3.07. The highest BCUT2D eigenvalue weighted by Crippen LogP contribution is 2.23. The fourth-order valence-corrected chi connectivity index (χ4v) is 2.02. The summed E-state index contributed by atoms with van der Waals surface area (Å²) in [6, 6.07) is 7.14. The molecule has 1 aliphatic heterocycles. The second-order valence-corrected chi connectivity index (χ2v) is 4.50. The van der Waals surface area contributed by atoms with Crippen molar-refractivity contribution >= 4 is 0 Å². The summed E-state index contributed by atoms with van der Waals surface area (Å²) >= 11 is 0. The summed E-state index contributed by atoms with van der Waals surface area (Å²) in [6.07, 6.45) is 0.0803. The lowest BCUT2D eigenvalue weighted by Gasteiger charge is -2.35. The molecular weight excluding hydrogens is 205 g/mol. The van der Waals surface area contributed by atoms with Crippen LogP contribution in [0.2, 0.25) is 0 Å². The first-order chi connectivity index (χ1) is 7.66. The molecule has 3 heteroatoms. The average molecular weight is 223 g/mol. The number of benzene rings is 1. The van der Waals surface area contributed by atoms with Crippen molar-refractivity contribution in [3.05, 3.63) is 35.6 Å². The summed E-state index contributed by atoms with van der Waals surface area (Å²) in [7, 11) is 0. The van der Waals surface area contributed by atoms with Gasteiger partial charge in [-0.1, -0.05) is 12.1 Å². The van der Waals surface area contributed by atoms with Gasteiger partial charge in [0.2, 0.25) is 0 Å². The Morgan fingerprint density at radius 3 is 2.62 bits per heavy atom. The van der Waals surface area contributed by atoms with E-state index in [9.17, 15) is 4.39 Å². The highest BCUT2D eigenvalue weighted by Gasteiger charge is 2.23. The van der Waals surface area contributed by atoms with Crippen LogP contribution in [0.25, 0.3) is 0 Å². The van der Waals surface area contributed by atoms with E-state index in [0.29, 0.717) is 6.04 Å². The van der Waals surface area contributed by atoms with Gasteiger partial charge in [0, 0.05) is 19.1 Å². The van der Waals surface area contributed by atoms with Crippen molar-refractivity contribution in [2.45, 2.75) is 26.0 Å². The van der Waals surface area contributed by atoms with Crippen LogP contribution in [-0.4, -0.2) is 30.6 Å². The molecule has 0 N–H and O–H groups in total. The fourth-order valence-electron chi connectivity index (χ4n) is 2.02. The smallest absolute Gasteiger partial charge is 0.123 e. The Labute approximate surface area is 96.0 Å². The molecule has 16 heavy (non-hydrogen) atoms. The first kappa shape index (κ1) is 11.6. The van der Waals surface area contributed by atoms with Crippen LogP contribution in [0.3, 0.4) is 0 Å². The first-order valence-corrected chi connectivity index (χ1v) is 5.78. The minimum Gasteiger partial charge on any atom is -0.371 e. The molecule has 0 aliphatic carbocycles. The topological polar surface area (TPSA) is 12.5 Å². The summed E-state index contributed by atoms with van der Waals surface area (Å²) < 4.78 is 18.5. The lowest BCUT2D eigenvalue weighted by Crippen LogP contribution is -2.42. The Morgan fingerprint density at radius 1 is 1.31 bits per heavy atom. The first-order valence-electron chi connectivity index (χ1n) is 5.78. The van der Waals surface area contributed by atoms with Gasteiger partial charge in [-0.3, -0.25) is 4.90 Å². The number of halogens is 1. The van der Waals surface area contributed by atoms with E-state index in [1.54, 1.807) is 0 Å². The number of nitrogens with zero attached hydrogens (tertiary/aromatic N) is 1. The van der Waals surface area contributed by atoms with Crippen molar-refractivity contribution in [2.24, 2.45) is 0 Å². The molecule has 2 nitrogen and oxygen atoms in total. The molecule has 1 heterocycles. The molecule has 1 fully saturated rings. The Kier molecular flexibility index (Phi) is 3.56. The lowest BCUT2D eigenvalue weighted by atomic mass is 10.1. The van der Waals surface area contributed by atoms with Crippen LogP contribution in [0.1, 0.15) is 25.5 Å². The maximum absolute atomic E-state index is 12.8. The van der Waals surface area contributed by atoms with Crippen molar-refractivity contribution in [3.63, 3.8) is 0 Å². The summed E-state index contributed by atoms with van der Waals surface area (Å²) in [6.45, 7) is 7.00. The molecule has 0 bridgehead atoms. The molecular formula is C13H18FNO. The number of rotatable bonds is 2. The zero-order valence-corrected chi connectivity index (χ0v) is 9.82. The Bertz CT molecular complexity index is 336. The van der Waals surface area contributed by atoms with E-state index in [0.717, 1.165) is 25.3 Å². The summed E-state index contributed by atoms with van der Waals surface area (Å²) in [4.78, 5) is 2.39. The van der Waals surface area contributed by atoms with Gasteiger partial charge in [0.1, 0.15) is 5.82 Å². The highest BCUT2D eigenvalue weighted by atomic mass is 19.1. The molecule has 1 aliphatic rings. The third kappa shape index (κ3) is 2.60. The Balaban J connectivity index is 2.06. The van der Waals surface area contributed by atoms with Gasteiger partial charge in [-0.05, 0) is 31.5 Å². The average Bonchev–Trinajstić information content (AvgIpc) is 2.30. The molecule has 0 saturated carbocycles. The Hall–Kier alpha value is -0.930. The lowest BCUT2D eigenvalue weighted by molar-refractivity contribution is -0.0402. The molecule has 0 aromatic heterocycles. The Morgan fingerprint density at radius 2 is 2.00 bits per heavy atom. The molecule has 1 atom stereocenters. The van der Waals surface area contributed by atoms with Gasteiger partial charge in [0.15, 0.2) is 0 Å². The van der Waals surface area contributed by atoms with Gasteiger partial charge in [-0.25, -0.2) is 4.39 Å². The summed E-state index contributed by atoms with van der Waals surface area (Å²) in [5, 5.41) is 0. The minimum atomic E-state index is -0.194. The molecule has 0 amide bonds. The van der Waals surface area contributed by atoms with Crippen LogP contribution in [0.15, 0.2) is 24.3 Å². The molecule has 1 aromatic carbocycles. The van der Waals surface area contributed by atoms with E-state index in [1.807, 2.05) is 12.1 Å². The van der Waals surface area contributed by atoms with Crippen molar-refractivity contribution in [1.82, 2.24) is 4.90 Å². The molecule has 1 aromatic rings. The predicted molar refractivity (Wildman–Crippen MR) is 61.8 cm³/mol. The monoisotopic (exact) mass is 223 g/mol. The van der Waals surface area contributed by atoms with Crippen LogP contribution in [-0.2, 0) is 4.74 Å². The summed E-state index contributed by atoms with van der Waals surface area (Å²) in [5.74, 6) is -0.194. The van der Waals surface area contributed by atoms with Crippen LogP contribution in [0, 0.1) is 5.82 Å². The summed E-state index contributed by atoms with van der Waals surface area (Å²) in [5.41, 5.74) is 1.06. The molecule has 1 saturated heterocycles. The van der Waals surface area contributed by atoms with Gasteiger partial charge in [0.25, 0.3) is 0 Å². The maximum Gasteiger partial charge on any atom is 0.123 e. The van der Waals surface area contributed by atoms with Crippen molar-refractivity contribution in [3.8, 4) is 0 Å². The largest absolute Gasteiger partial charge is 0.371 e. The van der Waals surface area contributed by atoms with Gasteiger partial charge >= 0.3 is 0 Å². The molecule has 0 unspecified atom stereocenters. The van der Waals surface area contributed by atoms with E-state index < -0.39 is 0 Å². The number of morpholine rings is 1. The molecule has 2 rings (SSSR count). The fraction of sp³-hybridized carbons (Fsp3) is 0.538. The van der Waals surface area contributed by atoms with Gasteiger partial charge in [-0.2, -0.15) is 0 Å². The van der Waals surface area contributed by atoms with Gasteiger partial charge < -0.3 is 4.74 Å². The molecule has 0 spiro atoms. The number of hydrogen-bond donors (Lipinski definition) is 0. The number of ether oxygens (including phenoxy) is 1. The van der Waals surface area contributed by atoms with Gasteiger partial charge in [0.05, 0.1) is 12.7 Å². The van der Waals surface area contributed by atoms with Crippen molar-refractivity contribution in [1.29, 1.82) is 0 Å². The standard InChI is InChI=1S/C13H18FNO/c1-10(2)15-7-8-16-13(9-15)11-3-5-12(14)6-4-11/h3-6,10,13H,7-9H2,1-2H3/t13-/m1/s1. The zero-order chi connectivity index (χ0) is 11.5. The number of hydrogen-bond acceptors (Lipinski definition) is 2.